The van der Waals surface area contributed by atoms with E-state index in [2.05, 4.69) is 22.6 Å². The van der Waals surface area contributed by atoms with Gasteiger partial charge in [0.25, 0.3) is 0 Å². The molecule has 1 fully saturated rings. The van der Waals surface area contributed by atoms with E-state index in [1.807, 2.05) is 31.2 Å². The van der Waals surface area contributed by atoms with Crippen molar-refractivity contribution in [1.29, 1.82) is 0 Å². The van der Waals surface area contributed by atoms with Crippen molar-refractivity contribution in [2.45, 2.75) is 6.92 Å². The molecule has 1 aliphatic heterocycles. The molecule has 1 aliphatic rings. The summed E-state index contributed by atoms with van der Waals surface area (Å²) >= 11 is 2.19. The maximum atomic E-state index is 11.8. The minimum atomic E-state index is -3.08. The van der Waals surface area contributed by atoms with Crippen molar-refractivity contribution in [1.82, 2.24) is 0 Å². The SMILES string of the molecule is CC1CN(c2cccc(I)c2)S(=O)(=O)C1. The molecule has 0 aliphatic carbocycles. The summed E-state index contributed by atoms with van der Waals surface area (Å²) < 4.78 is 26.2. The van der Waals surface area contributed by atoms with Crippen LogP contribution in [-0.4, -0.2) is 20.7 Å². The Kier molecular flexibility index (Phi) is 2.94. The zero-order chi connectivity index (χ0) is 11.1. The maximum Gasteiger partial charge on any atom is 0.235 e. The lowest BCUT2D eigenvalue weighted by atomic mass is 10.2. The van der Waals surface area contributed by atoms with E-state index in [0.29, 0.717) is 6.54 Å². The van der Waals surface area contributed by atoms with Gasteiger partial charge in [-0.1, -0.05) is 13.0 Å². The number of rotatable bonds is 1. The van der Waals surface area contributed by atoms with E-state index in [1.165, 1.54) is 4.31 Å². The van der Waals surface area contributed by atoms with Crippen LogP contribution in [0.1, 0.15) is 6.92 Å². The van der Waals surface area contributed by atoms with Crippen LogP contribution in [0.25, 0.3) is 0 Å². The highest BCUT2D eigenvalue weighted by molar-refractivity contribution is 14.1. The number of nitrogens with zero attached hydrogens (tertiary/aromatic N) is 1. The first-order valence-corrected chi connectivity index (χ1v) is 7.44. The quantitative estimate of drug-likeness (QED) is 0.736. The Bertz CT molecular complexity index is 472. The molecule has 3 nitrogen and oxygen atoms in total. The summed E-state index contributed by atoms with van der Waals surface area (Å²) in [5.74, 6) is 0.478. The van der Waals surface area contributed by atoms with E-state index in [4.69, 9.17) is 0 Å². The predicted molar refractivity (Wildman–Crippen MR) is 69.5 cm³/mol. The normalized spacial score (nSPS) is 24.4. The highest BCUT2D eigenvalue weighted by atomic mass is 127. The predicted octanol–water partition coefficient (Wildman–Crippen LogP) is 2.08. The van der Waals surface area contributed by atoms with E-state index in [1.54, 1.807) is 0 Å². The van der Waals surface area contributed by atoms with Gasteiger partial charge in [-0.2, -0.15) is 0 Å². The Hall–Kier alpha value is -0.300. The molecular weight excluding hydrogens is 325 g/mol. The molecule has 15 heavy (non-hydrogen) atoms. The Morgan fingerprint density at radius 3 is 2.73 bits per heavy atom. The summed E-state index contributed by atoms with van der Waals surface area (Å²) in [6, 6.07) is 7.58. The molecule has 82 valence electrons. The molecule has 1 aromatic carbocycles. The van der Waals surface area contributed by atoms with Crippen LogP contribution in [0.5, 0.6) is 0 Å². The fourth-order valence-corrected chi connectivity index (χ4v) is 4.24. The highest BCUT2D eigenvalue weighted by Gasteiger charge is 2.33. The number of halogens is 1. The topological polar surface area (TPSA) is 37.4 Å². The molecule has 2 rings (SSSR count). The molecule has 1 atom stereocenters. The first-order chi connectivity index (χ1) is 6.99. The van der Waals surface area contributed by atoms with Gasteiger partial charge in [-0.15, -0.1) is 0 Å². The molecular formula is C10H12INO2S. The van der Waals surface area contributed by atoms with Crippen molar-refractivity contribution < 1.29 is 8.42 Å². The van der Waals surface area contributed by atoms with E-state index in [-0.39, 0.29) is 11.7 Å². The standard InChI is InChI=1S/C10H12INO2S/c1-8-6-12(15(13,14)7-8)10-4-2-3-9(11)5-10/h2-5,8H,6-7H2,1H3. The van der Waals surface area contributed by atoms with Crippen molar-refractivity contribution in [3.05, 3.63) is 27.8 Å². The molecule has 0 bridgehead atoms. The van der Waals surface area contributed by atoms with Crippen LogP contribution in [0.2, 0.25) is 0 Å². The summed E-state index contributed by atoms with van der Waals surface area (Å²) in [7, 11) is -3.08. The zero-order valence-corrected chi connectivity index (χ0v) is 11.3. The van der Waals surface area contributed by atoms with Crippen molar-refractivity contribution >= 4 is 38.3 Å². The molecule has 1 unspecified atom stereocenters. The third-order valence-corrected chi connectivity index (χ3v) is 5.10. The summed E-state index contributed by atoms with van der Waals surface area (Å²) in [5, 5.41) is 0. The first-order valence-electron chi connectivity index (χ1n) is 4.75. The van der Waals surface area contributed by atoms with Crippen LogP contribution in [0.15, 0.2) is 24.3 Å². The summed E-state index contributed by atoms with van der Waals surface area (Å²) in [5.41, 5.74) is 0.784. The molecule has 0 spiro atoms. The van der Waals surface area contributed by atoms with Gasteiger partial charge in [-0.3, -0.25) is 4.31 Å². The van der Waals surface area contributed by atoms with Crippen molar-refractivity contribution in [3.8, 4) is 0 Å². The largest absolute Gasteiger partial charge is 0.270 e. The molecule has 1 saturated heterocycles. The molecule has 0 aromatic heterocycles. The van der Waals surface area contributed by atoms with Gasteiger partial charge in [0.15, 0.2) is 0 Å². The smallest absolute Gasteiger partial charge is 0.235 e. The average Bonchev–Trinajstić information content (AvgIpc) is 2.39. The first kappa shape index (κ1) is 11.2. The van der Waals surface area contributed by atoms with Gasteiger partial charge in [-0.05, 0) is 46.7 Å². The van der Waals surface area contributed by atoms with Gasteiger partial charge in [0.2, 0.25) is 10.0 Å². The Labute approximate surface area is 104 Å². The van der Waals surface area contributed by atoms with Gasteiger partial charge in [0, 0.05) is 10.1 Å². The van der Waals surface area contributed by atoms with Crippen LogP contribution >= 0.6 is 22.6 Å². The lowest BCUT2D eigenvalue weighted by Gasteiger charge is -2.17. The molecule has 1 aromatic rings. The third kappa shape index (κ3) is 2.28. The summed E-state index contributed by atoms with van der Waals surface area (Å²) in [6.45, 7) is 2.56. The number of hydrogen-bond donors (Lipinski definition) is 0. The lowest BCUT2D eigenvalue weighted by molar-refractivity contribution is 0.598. The van der Waals surface area contributed by atoms with Crippen LogP contribution < -0.4 is 4.31 Å². The summed E-state index contributed by atoms with van der Waals surface area (Å²) in [4.78, 5) is 0. The monoisotopic (exact) mass is 337 g/mol. The maximum absolute atomic E-state index is 11.8. The molecule has 5 heteroatoms. The van der Waals surface area contributed by atoms with Crippen molar-refractivity contribution in [2.75, 3.05) is 16.6 Å². The van der Waals surface area contributed by atoms with Gasteiger partial charge in [-0.25, -0.2) is 8.42 Å². The van der Waals surface area contributed by atoms with E-state index in [0.717, 1.165) is 9.26 Å². The minimum Gasteiger partial charge on any atom is -0.270 e. The van der Waals surface area contributed by atoms with Crippen molar-refractivity contribution in [3.63, 3.8) is 0 Å². The fraction of sp³-hybridized carbons (Fsp3) is 0.400. The summed E-state index contributed by atoms with van der Waals surface area (Å²) in [6.07, 6.45) is 0. The van der Waals surface area contributed by atoms with Gasteiger partial charge >= 0.3 is 0 Å². The third-order valence-electron chi connectivity index (χ3n) is 2.40. The van der Waals surface area contributed by atoms with Crippen LogP contribution in [0.3, 0.4) is 0 Å². The number of benzene rings is 1. The Morgan fingerprint density at radius 1 is 1.47 bits per heavy atom. The second-order valence-corrected chi connectivity index (χ2v) is 7.08. The van der Waals surface area contributed by atoms with E-state index >= 15 is 0 Å². The van der Waals surface area contributed by atoms with E-state index < -0.39 is 10.0 Å². The Balaban J connectivity index is 2.40. The number of anilines is 1. The van der Waals surface area contributed by atoms with Crippen LogP contribution in [-0.2, 0) is 10.0 Å². The second-order valence-electron chi connectivity index (χ2n) is 3.89. The molecule has 0 N–H and O–H groups in total. The van der Waals surface area contributed by atoms with E-state index in [9.17, 15) is 8.42 Å². The molecule has 0 saturated carbocycles. The Morgan fingerprint density at radius 2 is 2.20 bits per heavy atom. The highest BCUT2D eigenvalue weighted by Crippen LogP contribution is 2.27. The molecule has 1 heterocycles. The van der Waals surface area contributed by atoms with Crippen LogP contribution in [0, 0.1) is 9.49 Å². The zero-order valence-electron chi connectivity index (χ0n) is 8.35. The average molecular weight is 337 g/mol. The molecule has 0 radical (unpaired) electrons. The van der Waals surface area contributed by atoms with Gasteiger partial charge in [0.05, 0.1) is 11.4 Å². The number of hydrogen-bond acceptors (Lipinski definition) is 2. The van der Waals surface area contributed by atoms with Crippen molar-refractivity contribution in [2.24, 2.45) is 5.92 Å². The minimum absolute atomic E-state index is 0.216. The van der Waals surface area contributed by atoms with Gasteiger partial charge < -0.3 is 0 Å². The van der Waals surface area contributed by atoms with Gasteiger partial charge in [0.1, 0.15) is 0 Å². The van der Waals surface area contributed by atoms with Crippen LogP contribution in [0.4, 0.5) is 5.69 Å². The molecule has 0 amide bonds. The fourth-order valence-electron chi connectivity index (χ4n) is 1.80. The lowest BCUT2D eigenvalue weighted by Crippen LogP contribution is -2.25. The second kappa shape index (κ2) is 3.93. The number of sulfonamides is 1.